The van der Waals surface area contributed by atoms with Crippen molar-refractivity contribution < 1.29 is 18.0 Å². The van der Waals surface area contributed by atoms with Crippen molar-refractivity contribution in [2.24, 2.45) is 0 Å². The zero-order chi connectivity index (χ0) is 11.5. The van der Waals surface area contributed by atoms with E-state index < -0.39 is 11.7 Å². The largest absolute Gasteiger partial charge is 0.416 e. The average Bonchev–Trinajstić information content (AvgIpc) is 2.17. The first-order valence-corrected chi connectivity index (χ1v) is 4.24. The van der Waals surface area contributed by atoms with Crippen molar-refractivity contribution in [3.63, 3.8) is 0 Å². The first-order chi connectivity index (χ1) is 6.93. The standard InChI is InChI=1S/C11H9F3O/c1-8(7-15)6-9-2-4-10(5-3-9)11(12,13)14/h2-7H,1H3/b8-6+. The molecular formula is C11H9F3O. The fourth-order valence-electron chi connectivity index (χ4n) is 1.07. The molecule has 0 saturated carbocycles. The first-order valence-electron chi connectivity index (χ1n) is 4.24. The smallest absolute Gasteiger partial charge is 0.298 e. The second kappa shape index (κ2) is 4.29. The van der Waals surface area contributed by atoms with Gasteiger partial charge in [0.1, 0.15) is 6.29 Å². The molecule has 0 aliphatic rings. The number of aldehydes is 1. The maximum atomic E-state index is 12.2. The number of alkyl halides is 3. The van der Waals surface area contributed by atoms with Crippen LogP contribution in [0, 0.1) is 0 Å². The van der Waals surface area contributed by atoms with Gasteiger partial charge in [0.25, 0.3) is 0 Å². The van der Waals surface area contributed by atoms with Crippen molar-refractivity contribution in [2.45, 2.75) is 13.1 Å². The maximum absolute atomic E-state index is 12.2. The van der Waals surface area contributed by atoms with Crippen LogP contribution < -0.4 is 0 Å². The van der Waals surface area contributed by atoms with E-state index in [1.54, 1.807) is 6.92 Å². The lowest BCUT2D eigenvalue weighted by Gasteiger charge is -2.05. The van der Waals surface area contributed by atoms with Crippen LogP contribution in [0.1, 0.15) is 18.1 Å². The fourth-order valence-corrected chi connectivity index (χ4v) is 1.07. The zero-order valence-electron chi connectivity index (χ0n) is 8.01. The highest BCUT2D eigenvalue weighted by Crippen LogP contribution is 2.29. The number of hydrogen-bond donors (Lipinski definition) is 0. The molecule has 15 heavy (non-hydrogen) atoms. The van der Waals surface area contributed by atoms with Crippen LogP contribution in [0.15, 0.2) is 29.8 Å². The van der Waals surface area contributed by atoms with Crippen LogP contribution in [0.25, 0.3) is 6.08 Å². The third kappa shape index (κ3) is 3.23. The summed E-state index contributed by atoms with van der Waals surface area (Å²) in [5.41, 5.74) is 0.353. The van der Waals surface area contributed by atoms with E-state index in [4.69, 9.17) is 0 Å². The Labute approximate surface area is 85.2 Å². The van der Waals surface area contributed by atoms with E-state index in [-0.39, 0.29) is 0 Å². The number of hydrogen-bond acceptors (Lipinski definition) is 1. The molecule has 4 heteroatoms. The summed E-state index contributed by atoms with van der Waals surface area (Å²) in [7, 11) is 0. The molecular weight excluding hydrogens is 205 g/mol. The number of halogens is 3. The molecule has 1 rings (SSSR count). The monoisotopic (exact) mass is 214 g/mol. The van der Waals surface area contributed by atoms with Crippen LogP contribution in [0.4, 0.5) is 13.2 Å². The molecule has 0 spiro atoms. The van der Waals surface area contributed by atoms with Gasteiger partial charge in [-0.05, 0) is 36.3 Å². The molecule has 0 saturated heterocycles. The van der Waals surface area contributed by atoms with Gasteiger partial charge in [-0.15, -0.1) is 0 Å². The molecule has 0 atom stereocenters. The normalized spacial score (nSPS) is 12.7. The van der Waals surface area contributed by atoms with Crippen LogP contribution in [0.3, 0.4) is 0 Å². The highest BCUT2D eigenvalue weighted by atomic mass is 19.4. The molecule has 0 heterocycles. The Morgan fingerprint density at radius 1 is 1.20 bits per heavy atom. The number of rotatable bonds is 2. The molecule has 0 aromatic heterocycles. The highest BCUT2D eigenvalue weighted by Gasteiger charge is 2.29. The van der Waals surface area contributed by atoms with Crippen LogP contribution in [0.5, 0.6) is 0 Å². The molecule has 1 nitrogen and oxygen atoms in total. The Bertz CT molecular complexity index is 374. The van der Waals surface area contributed by atoms with Crippen molar-refractivity contribution >= 4 is 12.4 Å². The Hall–Kier alpha value is -1.58. The van der Waals surface area contributed by atoms with Crippen LogP contribution in [-0.2, 0) is 11.0 Å². The number of allylic oxidation sites excluding steroid dienone is 1. The average molecular weight is 214 g/mol. The Balaban J connectivity index is 2.96. The third-order valence-electron chi connectivity index (χ3n) is 1.82. The summed E-state index contributed by atoms with van der Waals surface area (Å²) in [6, 6.07) is 4.64. The van der Waals surface area contributed by atoms with E-state index in [9.17, 15) is 18.0 Å². The van der Waals surface area contributed by atoms with E-state index in [0.717, 1.165) is 12.1 Å². The third-order valence-corrected chi connectivity index (χ3v) is 1.82. The van der Waals surface area contributed by atoms with Gasteiger partial charge in [0, 0.05) is 0 Å². The van der Waals surface area contributed by atoms with Gasteiger partial charge in [-0.3, -0.25) is 4.79 Å². The topological polar surface area (TPSA) is 17.1 Å². The summed E-state index contributed by atoms with van der Waals surface area (Å²) in [6.45, 7) is 1.59. The van der Waals surface area contributed by atoms with Crippen LogP contribution >= 0.6 is 0 Å². The molecule has 0 aliphatic carbocycles. The predicted octanol–water partition coefficient (Wildman–Crippen LogP) is 3.31. The van der Waals surface area contributed by atoms with Gasteiger partial charge in [-0.1, -0.05) is 12.1 Å². The van der Waals surface area contributed by atoms with Crippen molar-refractivity contribution in [1.29, 1.82) is 0 Å². The second-order valence-electron chi connectivity index (χ2n) is 3.13. The van der Waals surface area contributed by atoms with Crippen LogP contribution in [-0.4, -0.2) is 6.29 Å². The highest BCUT2D eigenvalue weighted by molar-refractivity contribution is 5.80. The number of carbonyl (C=O) groups is 1. The molecule has 0 bridgehead atoms. The summed E-state index contributed by atoms with van der Waals surface area (Å²) >= 11 is 0. The van der Waals surface area contributed by atoms with Gasteiger partial charge < -0.3 is 0 Å². The Morgan fingerprint density at radius 3 is 2.13 bits per heavy atom. The second-order valence-corrected chi connectivity index (χ2v) is 3.13. The predicted molar refractivity (Wildman–Crippen MR) is 51.2 cm³/mol. The van der Waals surface area contributed by atoms with Crippen molar-refractivity contribution in [3.8, 4) is 0 Å². The molecule has 1 aromatic rings. The van der Waals surface area contributed by atoms with E-state index in [1.807, 2.05) is 0 Å². The Morgan fingerprint density at radius 2 is 1.73 bits per heavy atom. The minimum atomic E-state index is -4.32. The molecule has 0 N–H and O–H groups in total. The molecule has 0 aliphatic heterocycles. The Kier molecular flexibility index (Phi) is 3.29. The summed E-state index contributed by atoms with van der Waals surface area (Å²) in [6.07, 6.45) is -2.15. The minimum absolute atomic E-state index is 0.467. The lowest BCUT2D eigenvalue weighted by Crippen LogP contribution is -2.03. The summed E-state index contributed by atoms with van der Waals surface area (Å²) < 4.78 is 36.5. The van der Waals surface area contributed by atoms with Gasteiger partial charge in [0.15, 0.2) is 0 Å². The summed E-state index contributed by atoms with van der Waals surface area (Å²) in [5, 5.41) is 0. The molecule has 1 aromatic carbocycles. The quantitative estimate of drug-likeness (QED) is 0.545. The van der Waals surface area contributed by atoms with Gasteiger partial charge >= 0.3 is 6.18 Å². The minimum Gasteiger partial charge on any atom is -0.298 e. The van der Waals surface area contributed by atoms with E-state index >= 15 is 0 Å². The summed E-state index contributed by atoms with van der Waals surface area (Å²) in [5.74, 6) is 0. The molecule has 0 fully saturated rings. The number of carbonyl (C=O) groups excluding carboxylic acids is 1. The molecule has 80 valence electrons. The SMILES string of the molecule is C/C(C=O)=C\c1ccc(C(F)(F)F)cc1. The molecule has 0 amide bonds. The van der Waals surface area contributed by atoms with Crippen LogP contribution in [0.2, 0.25) is 0 Å². The van der Waals surface area contributed by atoms with Gasteiger partial charge in [0.05, 0.1) is 5.56 Å². The first kappa shape index (κ1) is 11.5. The molecule has 0 radical (unpaired) electrons. The fraction of sp³-hybridized carbons (Fsp3) is 0.182. The van der Waals surface area contributed by atoms with E-state index in [1.165, 1.54) is 18.2 Å². The van der Waals surface area contributed by atoms with Crippen molar-refractivity contribution in [3.05, 3.63) is 41.0 Å². The van der Waals surface area contributed by atoms with E-state index in [2.05, 4.69) is 0 Å². The van der Waals surface area contributed by atoms with Gasteiger partial charge in [0.2, 0.25) is 0 Å². The van der Waals surface area contributed by atoms with Gasteiger partial charge in [-0.25, -0.2) is 0 Å². The zero-order valence-corrected chi connectivity index (χ0v) is 8.01. The summed E-state index contributed by atoms with van der Waals surface area (Å²) in [4.78, 5) is 10.3. The lowest BCUT2D eigenvalue weighted by molar-refractivity contribution is -0.137. The number of benzene rings is 1. The van der Waals surface area contributed by atoms with Crippen molar-refractivity contribution in [1.82, 2.24) is 0 Å². The lowest BCUT2D eigenvalue weighted by atomic mass is 10.1. The van der Waals surface area contributed by atoms with E-state index in [0.29, 0.717) is 17.4 Å². The maximum Gasteiger partial charge on any atom is 0.416 e. The molecule has 0 unspecified atom stereocenters. The van der Waals surface area contributed by atoms with Gasteiger partial charge in [-0.2, -0.15) is 13.2 Å². The van der Waals surface area contributed by atoms with Crippen molar-refractivity contribution in [2.75, 3.05) is 0 Å².